The van der Waals surface area contributed by atoms with Gasteiger partial charge in [0.25, 0.3) is 5.91 Å². The van der Waals surface area contributed by atoms with E-state index >= 15 is 0 Å². The third-order valence-corrected chi connectivity index (χ3v) is 5.36. The van der Waals surface area contributed by atoms with Crippen LogP contribution >= 0.6 is 0 Å². The van der Waals surface area contributed by atoms with Crippen molar-refractivity contribution in [3.63, 3.8) is 0 Å². The molecule has 160 valence electrons. The van der Waals surface area contributed by atoms with Crippen LogP contribution in [0.2, 0.25) is 0 Å². The molecule has 0 aliphatic rings. The molecule has 0 saturated carbocycles. The van der Waals surface area contributed by atoms with Gasteiger partial charge in [0.05, 0.1) is 5.22 Å². The summed E-state index contributed by atoms with van der Waals surface area (Å²) >= 11 is 0. The van der Waals surface area contributed by atoms with Gasteiger partial charge in [0.1, 0.15) is 11.2 Å². The average molecular weight is 434 g/mol. The number of amides is 1. The highest BCUT2D eigenvalue weighted by Gasteiger charge is 2.14. The van der Waals surface area contributed by atoms with Crippen molar-refractivity contribution >= 4 is 34.0 Å². The Bertz CT molecular complexity index is 1660. The first-order valence-corrected chi connectivity index (χ1v) is 10.3. The molecule has 0 radical (unpaired) electrons. The van der Waals surface area contributed by atoms with Gasteiger partial charge in [-0.3, -0.25) is 19.8 Å². The minimum atomic E-state index is -0.345. The Labute approximate surface area is 187 Å². The molecule has 0 saturated heterocycles. The second kappa shape index (κ2) is 8.43. The second-order valence-electron chi connectivity index (χ2n) is 7.46. The molecule has 0 bridgehead atoms. The Morgan fingerprint density at radius 2 is 1.48 bits per heavy atom. The summed E-state index contributed by atoms with van der Waals surface area (Å²) in [4.78, 5) is 37.0. The molecule has 2 N–H and O–H groups in total. The molecule has 6 heteroatoms. The zero-order valence-corrected chi connectivity index (χ0v) is 17.4. The van der Waals surface area contributed by atoms with E-state index in [9.17, 15) is 14.4 Å². The maximum Gasteiger partial charge on any atom is 0.269 e. The van der Waals surface area contributed by atoms with Crippen molar-refractivity contribution in [2.75, 3.05) is 0 Å². The summed E-state index contributed by atoms with van der Waals surface area (Å²) in [5.41, 5.74) is 7.74. The second-order valence-corrected chi connectivity index (χ2v) is 7.46. The van der Waals surface area contributed by atoms with Gasteiger partial charge >= 0.3 is 0 Å². The number of fused-ring (bicyclic) bond motifs is 2. The molecule has 6 nitrogen and oxygen atoms in total. The first-order chi connectivity index (χ1) is 16.1. The molecule has 0 fully saturated rings. The monoisotopic (exact) mass is 434 g/mol. The minimum Gasteiger partial charge on any atom is -0.455 e. The molecule has 5 rings (SSSR count). The number of rotatable bonds is 4. The number of hydrogen-bond acceptors (Lipinski definition) is 5. The molecule has 33 heavy (non-hydrogen) atoms. The predicted molar refractivity (Wildman–Crippen MR) is 128 cm³/mol. The van der Waals surface area contributed by atoms with Crippen LogP contribution < -0.4 is 26.9 Å². The Hall–Kier alpha value is -4.71. The molecular formula is C27H18N2O4. The molecule has 1 heterocycles. The number of carbonyl (C=O) groups is 1. The fourth-order valence-corrected chi connectivity index (χ4v) is 3.82. The van der Waals surface area contributed by atoms with E-state index in [2.05, 4.69) is 10.9 Å². The van der Waals surface area contributed by atoms with Crippen LogP contribution in [0.25, 0.3) is 39.3 Å². The molecule has 5 aromatic rings. The SMILES string of the molecule is O=C(NNC=c1c(=O)ccc2c(-c3ccccc3)c3ccc(=O)cc3oc12)c1ccccc1. The van der Waals surface area contributed by atoms with Crippen LogP contribution in [0.15, 0.2) is 105 Å². The Kier molecular flexibility index (Phi) is 5.16. The lowest BCUT2D eigenvalue weighted by atomic mass is 9.97. The van der Waals surface area contributed by atoms with Crippen molar-refractivity contribution in [2.24, 2.45) is 0 Å². The van der Waals surface area contributed by atoms with Gasteiger partial charge in [-0.2, -0.15) is 0 Å². The van der Waals surface area contributed by atoms with E-state index in [0.717, 1.165) is 21.9 Å². The van der Waals surface area contributed by atoms with Crippen LogP contribution in [0.5, 0.6) is 0 Å². The zero-order chi connectivity index (χ0) is 22.8. The predicted octanol–water partition coefficient (Wildman–Crippen LogP) is 3.36. The molecule has 4 aromatic carbocycles. The van der Waals surface area contributed by atoms with E-state index in [1.165, 1.54) is 24.4 Å². The summed E-state index contributed by atoms with van der Waals surface area (Å²) in [7, 11) is 0. The fraction of sp³-hybridized carbons (Fsp3) is 0. The van der Waals surface area contributed by atoms with Gasteiger partial charge in [0.2, 0.25) is 0 Å². The van der Waals surface area contributed by atoms with Crippen molar-refractivity contribution in [3.8, 4) is 11.1 Å². The van der Waals surface area contributed by atoms with Gasteiger partial charge in [-0.25, -0.2) is 0 Å². The minimum absolute atomic E-state index is 0.193. The van der Waals surface area contributed by atoms with E-state index in [1.54, 1.807) is 36.4 Å². The van der Waals surface area contributed by atoms with E-state index < -0.39 is 0 Å². The molecule has 0 spiro atoms. The molecule has 0 unspecified atom stereocenters. The molecule has 0 aliphatic heterocycles. The quantitative estimate of drug-likeness (QED) is 0.335. The van der Waals surface area contributed by atoms with Gasteiger partial charge in [-0.15, -0.1) is 0 Å². The number of carbonyl (C=O) groups excluding carboxylic acids is 1. The van der Waals surface area contributed by atoms with Gasteiger partial charge < -0.3 is 9.84 Å². The standard InChI is InChI=1S/C27H18N2O4/c30-19-11-12-20-24(15-19)33-26-21(25(20)17-7-3-1-4-8-17)13-14-23(31)22(26)16-28-29-27(32)18-9-5-2-6-10-18/h1-16,28H,(H,29,32). The van der Waals surface area contributed by atoms with Crippen molar-refractivity contribution in [1.29, 1.82) is 0 Å². The van der Waals surface area contributed by atoms with Crippen molar-refractivity contribution in [1.82, 2.24) is 10.9 Å². The van der Waals surface area contributed by atoms with Crippen LogP contribution in [0.3, 0.4) is 0 Å². The van der Waals surface area contributed by atoms with Crippen LogP contribution in [0, 0.1) is 0 Å². The van der Waals surface area contributed by atoms with E-state index in [4.69, 9.17) is 4.42 Å². The van der Waals surface area contributed by atoms with Gasteiger partial charge in [0.15, 0.2) is 10.9 Å². The molecule has 0 aliphatic carbocycles. The topological polar surface area (TPSA) is 88.4 Å². The highest BCUT2D eigenvalue weighted by molar-refractivity contribution is 6.08. The summed E-state index contributed by atoms with van der Waals surface area (Å²) in [5.74, 6) is -0.345. The Morgan fingerprint density at radius 3 is 2.24 bits per heavy atom. The molecule has 1 amide bonds. The van der Waals surface area contributed by atoms with E-state index in [0.29, 0.717) is 16.7 Å². The van der Waals surface area contributed by atoms with E-state index in [1.807, 2.05) is 36.4 Å². The first kappa shape index (κ1) is 20.2. The smallest absolute Gasteiger partial charge is 0.269 e. The zero-order valence-electron chi connectivity index (χ0n) is 17.4. The largest absolute Gasteiger partial charge is 0.455 e. The molecule has 0 atom stereocenters. The van der Waals surface area contributed by atoms with E-state index in [-0.39, 0.29) is 22.0 Å². The van der Waals surface area contributed by atoms with Crippen LogP contribution in [0.4, 0.5) is 0 Å². The van der Waals surface area contributed by atoms with Gasteiger partial charge in [-0.05, 0) is 42.0 Å². The summed E-state index contributed by atoms with van der Waals surface area (Å²) in [6, 6.07) is 26.2. The Balaban J connectivity index is 1.69. The number of hydrogen-bond donors (Lipinski definition) is 2. The number of hydrazine groups is 1. The average Bonchev–Trinajstić information content (AvgIpc) is 2.85. The highest BCUT2D eigenvalue weighted by atomic mass is 16.3. The highest BCUT2D eigenvalue weighted by Crippen LogP contribution is 2.34. The molecule has 1 aromatic heterocycles. The van der Waals surface area contributed by atoms with Crippen LogP contribution in [0.1, 0.15) is 10.4 Å². The van der Waals surface area contributed by atoms with Crippen LogP contribution in [-0.2, 0) is 0 Å². The number of benzene rings is 4. The fourth-order valence-electron chi connectivity index (χ4n) is 3.82. The third kappa shape index (κ3) is 3.85. The molecular weight excluding hydrogens is 416 g/mol. The van der Waals surface area contributed by atoms with Gasteiger partial charge in [0, 0.05) is 34.2 Å². The van der Waals surface area contributed by atoms with Crippen LogP contribution in [-0.4, -0.2) is 5.91 Å². The Morgan fingerprint density at radius 1 is 0.788 bits per heavy atom. The lowest BCUT2D eigenvalue weighted by Gasteiger charge is -2.11. The summed E-state index contributed by atoms with van der Waals surface area (Å²) in [6.45, 7) is 0. The number of nitrogens with one attached hydrogen (secondary N) is 2. The normalized spacial score (nSPS) is 11.6. The summed E-state index contributed by atoms with van der Waals surface area (Å²) in [6.07, 6.45) is 1.40. The van der Waals surface area contributed by atoms with Crippen molar-refractivity contribution in [3.05, 3.63) is 122 Å². The maximum atomic E-state index is 12.7. The van der Waals surface area contributed by atoms with Crippen molar-refractivity contribution < 1.29 is 9.21 Å². The van der Waals surface area contributed by atoms with Gasteiger partial charge in [-0.1, -0.05) is 48.5 Å². The summed E-state index contributed by atoms with van der Waals surface area (Å²) < 4.78 is 6.06. The first-order valence-electron chi connectivity index (χ1n) is 10.3. The summed E-state index contributed by atoms with van der Waals surface area (Å²) in [5, 5.41) is 1.72. The lowest BCUT2D eigenvalue weighted by molar-refractivity contribution is 0.0943. The lowest BCUT2D eigenvalue weighted by Crippen LogP contribution is -2.37. The maximum absolute atomic E-state index is 12.7. The van der Waals surface area contributed by atoms with Crippen molar-refractivity contribution in [2.45, 2.75) is 0 Å². The third-order valence-electron chi connectivity index (χ3n) is 5.36.